The van der Waals surface area contributed by atoms with E-state index in [2.05, 4.69) is 10.3 Å². The standard InChI is InChI=1S/C11H16N2O3/c1-3-11(2,16)7-13-9-5-4-8(6-12-9)10(14)15/h4-6,16H,3,7H2,1-2H3,(H,12,13)(H,14,15). The molecule has 1 heterocycles. The molecular formula is C11H16N2O3. The molecule has 1 rings (SSSR count). The molecule has 1 unspecified atom stereocenters. The van der Waals surface area contributed by atoms with Gasteiger partial charge in [0.25, 0.3) is 0 Å². The Morgan fingerprint density at radius 2 is 2.25 bits per heavy atom. The van der Waals surface area contributed by atoms with Crippen LogP contribution in [0, 0.1) is 0 Å². The molecular weight excluding hydrogens is 208 g/mol. The molecule has 0 amide bonds. The molecule has 0 aliphatic carbocycles. The maximum absolute atomic E-state index is 10.6. The predicted molar refractivity (Wildman–Crippen MR) is 60.6 cm³/mol. The van der Waals surface area contributed by atoms with Gasteiger partial charge in [0.1, 0.15) is 5.82 Å². The summed E-state index contributed by atoms with van der Waals surface area (Å²) < 4.78 is 0. The molecule has 5 nitrogen and oxygen atoms in total. The molecule has 5 heteroatoms. The molecule has 0 aliphatic rings. The van der Waals surface area contributed by atoms with Crippen molar-refractivity contribution in [3.63, 3.8) is 0 Å². The molecule has 0 saturated heterocycles. The smallest absolute Gasteiger partial charge is 0.337 e. The van der Waals surface area contributed by atoms with Gasteiger partial charge < -0.3 is 15.5 Å². The summed E-state index contributed by atoms with van der Waals surface area (Å²) in [7, 11) is 0. The van der Waals surface area contributed by atoms with Crippen LogP contribution in [0.1, 0.15) is 30.6 Å². The fourth-order valence-electron chi connectivity index (χ4n) is 1.03. The Bertz CT molecular complexity index is 360. The molecule has 0 aliphatic heterocycles. The SMILES string of the molecule is CCC(C)(O)CNc1ccc(C(=O)O)cn1. The first kappa shape index (κ1) is 12.4. The summed E-state index contributed by atoms with van der Waals surface area (Å²) in [5.74, 6) is -0.446. The van der Waals surface area contributed by atoms with Gasteiger partial charge in [0.05, 0.1) is 11.2 Å². The van der Waals surface area contributed by atoms with Crippen LogP contribution in [0.25, 0.3) is 0 Å². The van der Waals surface area contributed by atoms with Crippen molar-refractivity contribution in [1.82, 2.24) is 4.98 Å². The van der Waals surface area contributed by atoms with Gasteiger partial charge in [-0.25, -0.2) is 9.78 Å². The quantitative estimate of drug-likeness (QED) is 0.703. The highest BCUT2D eigenvalue weighted by atomic mass is 16.4. The summed E-state index contributed by atoms with van der Waals surface area (Å²) in [6.07, 6.45) is 1.92. The Kier molecular flexibility index (Phi) is 3.84. The average Bonchev–Trinajstić information content (AvgIpc) is 2.27. The van der Waals surface area contributed by atoms with Gasteiger partial charge in [-0.1, -0.05) is 6.92 Å². The number of carboxylic acids is 1. The van der Waals surface area contributed by atoms with E-state index in [0.717, 1.165) is 0 Å². The lowest BCUT2D eigenvalue weighted by Gasteiger charge is -2.21. The molecule has 1 aromatic rings. The number of nitrogens with zero attached hydrogens (tertiary/aromatic N) is 1. The molecule has 16 heavy (non-hydrogen) atoms. The number of hydrogen-bond donors (Lipinski definition) is 3. The monoisotopic (exact) mass is 224 g/mol. The van der Waals surface area contributed by atoms with Gasteiger partial charge in [-0.3, -0.25) is 0 Å². The number of anilines is 1. The third-order valence-corrected chi connectivity index (χ3v) is 2.42. The van der Waals surface area contributed by atoms with Crippen LogP contribution in [-0.4, -0.2) is 33.3 Å². The van der Waals surface area contributed by atoms with Gasteiger partial charge in [0, 0.05) is 12.7 Å². The molecule has 3 N–H and O–H groups in total. The summed E-state index contributed by atoms with van der Waals surface area (Å²) in [5.41, 5.74) is -0.638. The molecule has 1 aromatic heterocycles. The zero-order valence-corrected chi connectivity index (χ0v) is 9.40. The number of carbonyl (C=O) groups is 1. The van der Waals surface area contributed by atoms with Crippen molar-refractivity contribution in [2.24, 2.45) is 0 Å². The Morgan fingerprint density at radius 3 is 2.69 bits per heavy atom. The van der Waals surface area contributed by atoms with E-state index >= 15 is 0 Å². The highest BCUT2D eigenvalue weighted by Gasteiger charge is 2.16. The van der Waals surface area contributed by atoms with Crippen molar-refractivity contribution in [3.05, 3.63) is 23.9 Å². The molecule has 0 saturated carbocycles. The van der Waals surface area contributed by atoms with E-state index in [0.29, 0.717) is 18.8 Å². The molecule has 0 spiro atoms. The van der Waals surface area contributed by atoms with E-state index in [4.69, 9.17) is 5.11 Å². The summed E-state index contributed by atoms with van der Waals surface area (Å²) >= 11 is 0. The highest BCUT2D eigenvalue weighted by Crippen LogP contribution is 2.11. The van der Waals surface area contributed by atoms with E-state index < -0.39 is 11.6 Å². The first-order valence-corrected chi connectivity index (χ1v) is 5.10. The number of aromatic carboxylic acids is 1. The van der Waals surface area contributed by atoms with Gasteiger partial charge in [-0.15, -0.1) is 0 Å². The summed E-state index contributed by atoms with van der Waals surface area (Å²) in [6.45, 7) is 4.00. The van der Waals surface area contributed by atoms with E-state index in [9.17, 15) is 9.90 Å². The largest absolute Gasteiger partial charge is 0.478 e. The minimum absolute atomic E-state index is 0.146. The van der Waals surface area contributed by atoms with Crippen LogP contribution >= 0.6 is 0 Å². The zero-order valence-electron chi connectivity index (χ0n) is 9.40. The van der Waals surface area contributed by atoms with Crippen LogP contribution in [0.5, 0.6) is 0 Å². The number of aromatic nitrogens is 1. The number of pyridine rings is 1. The summed E-state index contributed by atoms with van der Waals surface area (Å²) in [4.78, 5) is 14.5. The van der Waals surface area contributed by atoms with Crippen molar-refractivity contribution in [2.75, 3.05) is 11.9 Å². The summed E-state index contributed by atoms with van der Waals surface area (Å²) in [6, 6.07) is 3.05. The van der Waals surface area contributed by atoms with Crippen LogP contribution in [-0.2, 0) is 0 Å². The van der Waals surface area contributed by atoms with E-state index in [-0.39, 0.29) is 5.56 Å². The maximum atomic E-state index is 10.6. The number of hydrogen-bond acceptors (Lipinski definition) is 4. The fraction of sp³-hybridized carbons (Fsp3) is 0.455. The molecule has 88 valence electrons. The Labute approximate surface area is 94.1 Å². The van der Waals surface area contributed by atoms with Gasteiger partial charge >= 0.3 is 5.97 Å². The molecule has 0 radical (unpaired) electrons. The second-order valence-electron chi connectivity index (χ2n) is 3.94. The van der Waals surface area contributed by atoms with Crippen molar-refractivity contribution in [1.29, 1.82) is 0 Å². The average molecular weight is 224 g/mol. The number of aliphatic hydroxyl groups is 1. The molecule has 0 aromatic carbocycles. The van der Waals surface area contributed by atoms with Crippen molar-refractivity contribution >= 4 is 11.8 Å². The summed E-state index contributed by atoms with van der Waals surface area (Å²) in [5, 5.41) is 21.4. The second-order valence-corrected chi connectivity index (χ2v) is 3.94. The van der Waals surface area contributed by atoms with Gasteiger partial charge in [-0.2, -0.15) is 0 Å². The molecule has 0 bridgehead atoms. The van der Waals surface area contributed by atoms with Gasteiger partial charge in [0.2, 0.25) is 0 Å². The number of nitrogens with one attached hydrogen (secondary N) is 1. The van der Waals surface area contributed by atoms with Gasteiger partial charge in [0.15, 0.2) is 0 Å². The molecule has 0 fully saturated rings. The van der Waals surface area contributed by atoms with Crippen molar-refractivity contribution < 1.29 is 15.0 Å². The van der Waals surface area contributed by atoms with Crippen LogP contribution in [0.4, 0.5) is 5.82 Å². The Balaban J connectivity index is 2.59. The topological polar surface area (TPSA) is 82.5 Å². The van der Waals surface area contributed by atoms with Crippen molar-refractivity contribution in [3.8, 4) is 0 Å². The Morgan fingerprint density at radius 1 is 1.56 bits per heavy atom. The minimum atomic E-state index is -1.00. The normalized spacial score (nSPS) is 14.2. The van der Waals surface area contributed by atoms with Crippen LogP contribution in [0.15, 0.2) is 18.3 Å². The lowest BCUT2D eigenvalue weighted by molar-refractivity contribution is 0.0686. The Hall–Kier alpha value is -1.62. The first-order valence-electron chi connectivity index (χ1n) is 5.10. The highest BCUT2D eigenvalue weighted by molar-refractivity contribution is 5.87. The lowest BCUT2D eigenvalue weighted by Crippen LogP contribution is -2.32. The fourth-order valence-corrected chi connectivity index (χ4v) is 1.03. The van der Waals surface area contributed by atoms with Crippen LogP contribution in [0.2, 0.25) is 0 Å². The van der Waals surface area contributed by atoms with E-state index in [1.165, 1.54) is 12.3 Å². The predicted octanol–water partition coefficient (Wildman–Crippen LogP) is 1.35. The molecule has 1 atom stereocenters. The maximum Gasteiger partial charge on any atom is 0.337 e. The first-order chi connectivity index (χ1) is 7.44. The second kappa shape index (κ2) is 4.94. The van der Waals surface area contributed by atoms with E-state index in [1.54, 1.807) is 13.0 Å². The van der Waals surface area contributed by atoms with Gasteiger partial charge in [-0.05, 0) is 25.5 Å². The van der Waals surface area contributed by atoms with Crippen LogP contribution < -0.4 is 5.32 Å². The number of rotatable bonds is 5. The van der Waals surface area contributed by atoms with Crippen LogP contribution in [0.3, 0.4) is 0 Å². The lowest BCUT2D eigenvalue weighted by atomic mass is 10.0. The number of carboxylic acid groups (broad SMARTS) is 1. The zero-order chi connectivity index (χ0) is 12.2. The third-order valence-electron chi connectivity index (χ3n) is 2.42. The minimum Gasteiger partial charge on any atom is -0.478 e. The van der Waals surface area contributed by atoms with E-state index in [1.807, 2.05) is 6.92 Å². The third kappa shape index (κ3) is 3.51. The van der Waals surface area contributed by atoms with Crippen molar-refractivity contribution in [2.45, 2.75) is 25.9 Å².